The van der Waals surface area contributed by atoms with Crippen molar-refractivity contribution in [3.05, 3.63) is 0 Å². The van der Waals surface area contributed by atoms with Crippen LogP contribution in [-0.4, -0.2) is 11.3 Å². The van der Waals surface area contributed by atoms with Gasteiger partial charge in [-0.15, -0.1) is 0 Å². The third-order valence-electron chi connectivity index (χ3n) is 0.0781. The quantitative estimate of drug-likeness (QED) is 0.202. The second-order valence-corrected chi connectivity index (χ2v) is 0.264. The minimum Gasteiger partial charge on any atom is -0.211 e. The smallest absolute Gasteiger partial charge is 0.211 e. The maximum Gasteiger partial charge on any atom is 0.280 e. The van der Waals surface area contributed by atoms with Crippen molar-refractivity contribution in [2.24, 2.45) is 5.16 Å². The van der Waals surface area contributed by atoms with Gasteiger partial charge in [-0.2, -0.15) is 5.26 Å². The zero-order valence-corrected chi connectivity index (χ0v) is 2.21. The SMILES string of the molecule is O=C=NOO. The number of nitrogens with zero attached hydrogens (tertiary/aromatic N) is 1. The van der Waals surface area contributed by atoms with Crippen LogP contribution >= 0.6 is 0 Å². The molecule has 0 aliphatic rings. The summed E-state index contributed by atoms with van der Waals surface area (Å²) in [6.07, 6.45) is 0.920. The predicted octanol–water partition coefficient (Wildman–Crippen LogP) is -0.273. The number of hydrogen-bond donors (Lipinski definition) is 1. The molecule has 1 N–H and O–H groups in total. The molecule has 0 saturated carbocycles. The maximum atomic E-state index is 8.83. The molecule has 0 spiro atoms. The summed E-state index contributed by atoms with van der Waals surface area (Å²) in [7, 11) is 0. The molecule has 0 atom stereocenters. The van der Waals surface area contributed by atoms with Crippen molar-refractivity contribution in [3.63, 3.8) is 0 Å². The van der Waals surface area contributed by atoms with Crippen LogP contribution in [0.1, 0.15) is 0 Å². The maximum absolute atomic E-state index is 8.83. The Morgan fingerprint density at radius 2 is 2.60 bits per heavy atom. The molecule has 0 amide bonds. The molecule has 0 bridgehead atoms. The van der Waals surface area contributed by atoms with Gasteiger partial charge in [0, 0.05) is 5.16 Å². The van der Waals surface area contributed by atoms with Crippen LogP contribution in [0.4, 0.5) is 0 Å². The van der Waals surface area contributed by atoms with Gasteiger partial charge in [-0.25, -0.2) is 9.78 Å². The molecule has 0 aliphatic heterocycles. The summed E-state index contributed by atoms with van der Waals surface area (Å²) in [5.74, 6) is 0. The summed E-state index contributed by atoms with van der Waals surface area (Å²) in [4.78, 5) is 11.7. The Bertz CT molecular complexity index is 53.9. The molecule has 4 heteroatoms. The molecule has 28 valence electrons. The minimum atomic E-state index is 0.920. The second kappa shape index (κ2) is 3.14. The molecule has 0 heterocycles. The first-order chi connectivity index (χ1) is 2.41. The fourth-order valence-electron chi connectivity index (χ4n) is 0.0167. The van der Waals surface area contributed by atoms with E-state index in [1.54, 1.807) is 0 Å². The fraction of sp³-hybridized carbons (Fsp3) is 0. The first-order valence-electron chi connectivity index (χ1n) is 0.793. The highest BCUT2D eigenvalue weighted by molar-refractivity contribution is 5.31. The van der Waals surface area contributed by atoms with Crippen LogP contribution in [0.2, 0.25) is 0 Å². The molecule has 0 fully saturated rings. The number of hydrogen-bond acceptors (Lipinski definition) is 4. The van der Waals surface area contributed by atoms with Crippen molar-refractivity contribution in [3.8, 4) is 0 Å². The third-order valence-corrected chi connectivity index (χ3v) is 0.0781. The van der Waals surface area contributed by atoms with Gasteiger partial charge >= 0.3 is 0 Å². The van der Waals surface area contributed by atoms with Crippen molar-refractivity contribution < 1.29 is 15.0 Å². The van der Waals surface area contributed by atoms with E-state index >= 15 is 0 Å². The van der Waals surface area contributed by atoms with Crippen LogP contribution in [0.15, 0.2) is 5.16 Å². The van der Waals surface area contributed by atoms with Gasteiger partial charge in [-0.3, -0.25) is 0 Å². The average molecular weight is 75.0 g/mol. The predicted molar refractivity (Wildman–Crippen MR) is 11.8 cm³/mol. The van der Waals surface area contributed by atoms with E-state index in [4.69, 9.17) is 10.1 Å². The zero-order valence-electron chi connectivity index (χ0n) is 2.21. The Labute approximate surface area is 27.6 Å². The Hall–Kier alpha value is -0.860. The molecular weight excluding hydrogens is 74.0 g/mol. The van der Waals surface area contributed by atoms with Crippen molar-refractivity contribution in [1.29, 1.82) is 0 Å². The second-order valence-electron chi connectivity index (χ2n) is 0.264. The van der Waals surface area contributed by atoms with E-state index in [0.29, 0.717) is 0 Å². The van der Waals surface area contributed by atoms with Gasteiger partial charge in [0.05, 0.1) is 0 Å². The lowest BCUT2D eigenvalue weighted by Gasteiger charge is -1.63. The molecule has 0 aromatic carbocycles. The molecule has 0 rings (SSSR count). The standard InChI is InChI=1S/CHNO3/c3-1-2-5-4/h4H. The molecule has 0 saturated heterocycles. The van der Waals surface area contributed by atoms with Crippen LogP contribution in [0.3, 0.4) is 0 Å². The molecule has 5 heavy (non-hydrogen) atoms. The van der Waals surface area contributed by atoms with Gasteiger partial charge in [0.2, 0.25) is 0 Å². The molecule has 0 aromatic rings. The minimum absolute atomic E-state index is 0.920. The van der Waals surface area contributed by atoms with Crippen molar-refractivity contribution in [2.45, 2.75) is 0 Å². The van der Waals surface area contributed by atoms with E-state index < -0.39 is 0 Å². The normalized spacial score (nSPS) is 5.00. The molecule has 0 radical (unpaired) electrons. The fourth-order valence-corrected chi connectivity index (χ4v) is 0.0167. The van der Waals surface area contributed by atoms with Crippen molar-refractivity contribution in [2.75, 3.05) is 0 Å². The number of carbonyl (C=O) groups excluding carboxylic acids is 1. The van der Waals surface area contributed by atoms with Gasteiger partial charge in [-0.1, -0.05) is 0 Å². The largest absolute Gasteiger partial charge is 0.280 e. The van der Waals surface area contributed by atoms with Gasteiger partial charge < -0.3 is 0 Å². The highest BCUT2D eigenvalue weighted by Crippen LogP contribution is 1.51. The summed E-state index contributed by atoms with van der Waals surface area (Å²) in [5.41, 5.74) is 0. The van der Waals surface area contributed by atoms with E-state index in [0.717, 1.165) is 6.08 Å². The van der Waals surface area contributed by atoms with E-state index in [1.807, 2.05) is 0 Å². The van der Waals surface area contributed by atoms with E-state index in [1.165, 1.54) is 0 Å². The highest BCUT2D eigenvalue weighted by Gasteiger charge is 1.49. The lowest BCUT2D eigenvalue weighted by atomic mass is 11.7. The van der Waals surface area contributed by atoms with Gasteiger partial charge in [0.15, 0.2) is 0 Å². The Balaban J connectivity index is 2.93. The van der Waals surface area contributed by atoms with E-state index in [2.05, 4.69) is 10.1 Å². The molecule has 0 unspecified atom stereocenters. The molecular formula is CHNO3. The zero-order chi connectivity index (χ0) is 4.12. The summed E-state index contributed by atoms with van der Waals surface area (Å²) in [6.45, 7) is 0. The van der Waals surface area contributed by atoms with Crippen LogP contribution in [0.5, 0.6) is 0 Å². The van der Waals surface area contributed by atoms with E-state index in [-0.39, 0.29) is 0 Å². The van der Waals surface area contributed by atoms with E-state index in [9.17, 15) is 0 Å². The van der Waals surface area contributed by atoms with Crippen LogP contribution in [0.25, 0.3) is 0 Å². The Kier molecular flexibility index (Phi) is 2.60. The third kappa shape index (κ3) is 3.14. The first kappa shape index (κ1) is 4.14. The van der Waals surface area contributed by atoms with Crippen LogP contribution in [-0.2, 0) is 9.78 Å². The molecule has 4 nitrogen and oxygen atoms in total. The summed E-state index contributed by atoms with van der Waals surface area (Å²) >= 11 is 0. The summed E-state index contributed by atoms with van der Waals surface area (Å²) < 4.78 is 0. The molecule has 0 aliphatic carbocycles. The Morgan fingerprint density at radius 1 is 2.00 bits per heavy atom. The molecule has 0 aromatic heterocycles. The first-order valence-corrected chi connectivity index (χ1v) is 0.793. The summed E-state index contributed by atoms with van der Waals surface area (Å²) in [6, 6.07) is 0. The van der Waals surface area contributed by atoms with Crippen molar-refractivity contribution >= 4 is 6.08 Å². The lowest BCUT2D eigenvalue weighted by molar-refractivity contribution is -0.242. The lowest BCUT2D eigenvalue weighted by Crippen LogP contribution is -1.61. The summed E-state index contributed by atoms with van der Waals surface area (Å²) in [5, 5.41) is 9.36. The Morgan fingerprint density at radius 3 is 2.60 bits per heavy atom. The van der Waals surface area contributed by atoms with Crippen LogP contribution < -0.4 is 0 Å². The monoisotopic (exact) mass is 75.0 g/mol. The van der Waals surface area contributed by atoms with Gasteiger partial charge in [0.25, 0.3) is 6.08 Å². The van der Waals surface area contributed by atoms with Gasteiger partial charge in [-0.05, 0) is 0 Å². The topological polar surface area (TPSA) is 58.9 Å². The number of isocyanates is 1. The van der Waals surface area contributed by atoms with Gasteiger partial charge in [0.1, 0.15) is 0 Å². The highest BCUT2D eigenvalue weighted by atomic mass is 17.2. The van der Waals surface area contributed by atoms with Crippen molar-refractivity contribution in [1.82, 2.24) is 0 Å². The number of rotatable bonds is 1. The van der Waals surface area contributed by atoms with Crippen LogP contribution in [0, 0.1) is 0 Å². The average Bonchev–Trinajstić information content (AvgIpc) is 1.41.